The van der Waals surface area contributed by atoms with Gasteiger partial charge in [0, 0.05) is 16.5 Å². The quantitative estimate of drug-likeness (QED) is 0.594. The molecule has 2 fully saturated rings. The Bertz CT molecular complexity index is 351. The van der Waals surface area contributed by atoms with Crippen molar-refractivity contribution >= 4 is 22.6 Å². The molecule has 1 aromatic rings. The van der Waals surface area contributed by atoms with Crippen molar-refractivity contribution in [1.82, 2.24) is 4.90 Å². The van der Waals surface area contributed by atoms with Gasteiger partial charge in [-0.05, 0) is 37.3 Å². The van der Waals surface area contributed by atoms with Gasteiger partial charge in [-0.3, -0.25) is 4.90 Å². The topological polar surface area (TPSA) is 3.24 Å². The minimum absolute atomic E-state index is 0.862. The van der Waals surface area contributed by atoms with Crippen LogP contribution in [0.2, 0.25) is 0 Å². The van der Waals surface area contributed by atoms with E-state index in [1.807, 2.05) is 0 Å². The molecule has 1 aromatic carbocycles. The van der Waals surface area contributed by atoms with Crippen LogP contribution in [0.5, 0.6) is 0 Å². The van der Waals surface area contributed by atoms with E-state index in [-0.39, 0.29) is 0 Å². The van der Waals surface area contributed by atoms with Gasteiger partial charge in [-0.25, -0.2) is 0 Å². The van der Waals surface area contributed by atoms with Gasteiger partial charge in [-0.15, -0.1) is 0 Å². The lowest BCUT2D eigenvalue weighted by Gasteiger charge is -2.26. The lowest BCUT2D eigenvalue weighted by atomic mass is 10.0. The van der Waals surface area contributed by atoms with Crippen LogP contribution in [0.1, 0.15) is 24.8 Å². The van der Waals surface area contributed by atoms with Gasteiger partial charge in [0.05, 0.1) is 0 Å². The molecule has 2 aliphatic rings. The number of hydrogen-bond acceptors (Lipinski definition) is 1. The molecule has 3 atom stereocenters. The number of likely N-dealkylation sites (tertiary alicyclic amines) is 1. The number of halogens is 1. The third-order valence-corrected chi connectivity index (χ3v) is 5.46. The highest BCUT2D eigenvalue weighted by Crippen LogP contribution is 2.42. The van der Waals surface area contributed by atoms with Crippen LogP contribution in [0, 0.1) is 5.92 Å². The molecule has 0 bridgehead atoms. The van der Waals surface area contributed by atoms with Crippen molar-refractivity contribution in [2.24, 2.45) is 5.92 Å². The fourth-order valence-electron chi connectivity index (χ4n) is 3.34. The van der Waals surface area contributed by atoms with Crippen LogP contribution in [-0.2, 0) is 6.54 Å². The van der Waals surface area contributed by atoms with Gasteiger partial charge in [0.15, 0.2) is 0 Å². The molecule has 1 aliphatic carbocycles. The molecule has 86 valence electrons. The number of nitrogens with zero attached hydrogens (tertiary/aromatic N) is 1. The number of rotatable bonds is 2. The first-order chi connectivity index (χ1) is 7.84. The van der Waals surface area contributed by atoms with Gasteiger partial charge >= 0.3 is 0 Å². The molecule has 3 rings (SSSR count). The second kappa shape index (κ2) is 4.65. The Kier molecular flexibility index (Phi) is 3.20. The van der Waals surface area contributed by atoms with E-state index in [4.69, 9.17) is 0 Å². The molecule has 1 saturated carbocycles. The Morgan fingerprint density at radius 3 is 2.75 bits per heavy atom. The predicted octanol–water partition coefficient (Wildman–Crippen LogP) is 3.47. The minimum Gasteiger partial charge on any atom is -0.295 e. The average Bonchev–Trinajstić information content (AvgIpc) is 2.86. The summed E-state index contributed by atoms with van der Waals surface area (Å²) in [6.07, 6.45) is 4.32. The number of alkyl halides is 1. The van der Waals surface area contributed by atoms with E-state index in [1.165, 1.54) is 31.4 Å². The molecule has 1 aliphatic heterocycles. The van der Waals surface area contributed by atoms with E-state index in [0.29, 0.717) is 0 Å². The zero-order valence-electron chi connectivity index (χ0n) is 9.48. The molecule has 0 spiro atoms. The molecule has 1 saturated heterocycles. The van der Waals surface area contributed by atoms with Crippen molar-refractivity contribution in [2.45, 2.75) is 35.8 Å². The van der Waals surface area contributed by atoms with E-state index in [2.05, 4.69) is 57.8 Å². The maximum absolute atomic E-state index is 2.71. The summed E-state index contributed by atoms with van der Waals surface area (Å²) in [7, 11) is 0. The highest BCUT2D eigenvalue weighted by atomic mass is 127. The first-order valence-electron chi connectivity index (χ1n) is 6.26. The van der Waals surface area contributed by atoms with Crippen LogP contribution in [0.4, 0.5) is 0 Å². The number of benzene rings is 1. The molecule has 3 unspecified atom stereocenters. The second-order valence-corrected chi connectivity index (χ2v) is 6.69. The van der Waals surface area contributed by atoms with Gasteiger partial charge in [0.25, 0.3) is 0 Å². The summed E-state index contributed by atoms with van der Waals surface area (Å²) in [5.74, 6) is 0.991. The van der Waals surface area contributed by atoms with E-state index in [0.717, 1.165) is 22.4 Å². The predicted molar refractivity (Wildman–Crippen MR) is 75.8 cm³/mol. The average molecular weight is 327 g/mol. The molecule has 2 heteroatoms. The molecule has 1 nitrogen and oxygen atoms in total. The van der Waals surface area contributed by atoms with Gasteiger partial charge < -0.3 is 0 Å². The zero-order valence-corrected chi connectivity index (χ0v) is 11.6. The van der Waals surface area contributed by atoms with Crippen molar-refractivity contribution in [3.05, 3.63) is 35.9 Å². The smallest absolute Gasteiger partial charge is 0.0268 e. The number of hydrogen-bond donors (Lipinski definition) is 0. The van der Waals surface area contributed by atoms with Crippen molar-refractivity contribution in [1.29, 1.82) is 0 Å². The lowest BCUT2D eigenvalue weighted by Crippen LogP contribution is -2.35. The van der Waals surface area contributed by atoms with Crippen molar-refractivity contribution < 1.29 is 0 Å². The summed E-state index contributed by atoms with van der Waals surface area (Å²) in [6.45, 7) is 2.46. The van der Waals surface area contributed by atoms with Crippen LogP contribution < -0.4 is 0 Å². The maximum Gasteiger partial charge on any atom is 0.0268 e. The summed E-state index contributed by atoms with van der Waals surface area (Å²) < 4.78 is 0.883. The van der Waals surface area contributed by atoms with Crippen LogP contribution in [0.3, 0.4) is 0 Å². The zero-order chi connectivity index (χ0) is 11.0. The fourth-order valence-corrected chi connectivity index (χ4v) is 4.74. The first kappa shape index (κ1) is 11.0. The third-order valence-electron chi connectivity index (χ3n) is 4.10. The van der Waals surface area contributed by atoms with Crippen molar-refractivity contribution in [3.63, 3.8) is 0 Å². The Hall–Kier alpha value is -0.0900. The second-order valence-electron chi connectivity index (χ2n) is 5.09. The number of fused-ring (bicyclic) bond motifs is 1. The lowest BCUT2D eigenvalue weighted by molar-refractivity contribution is 0.240. The maximum atomic E-state index is 2.71. The summed E-state index contributed by atoms with van der Waals surface area (Å²) in [4.78, 5) is 2.71. The van der Waals surface area contributed by atoms with Crippen molar-refractivity contribution in [2.75, 3.05) is 6.54 Å². The van der Waals surface area contributed by atoms with Crippen LogP contribution in [0.25, 0.3) is 0 Å². The van der Waals surface area contributed by atoms with Gasteiger partial charge in [-0.1, -0.05) is 52.9 Å². The summed E-state index contributed by atoms with van der Waals surface area (Å²) in [6, 6.07) is 11.8. The first-order valence-corrected chi connectivity index (χ1v) is 7.51. The standard InChI is InChI=1S/C14H18IN/c15-13-7-6-12-8-9-16(14(12)13)10-11-4-2-1-3-5-11/h1-5,12-14H,6-10H2. The fraction of sp³-hybridized carbons (Fsp3) is 0.571. The van der Waals surface area contributed by atoms with Crippen LogP contribution in [-0.4, -0.2) is 21.4 Å². The van der Waals surface area contributed by atoms with Crippen molar-refractivity contribution in [3.8, 4) is 0 Å². The Morgan fingerprint density at radius 2 is 1.94 bits per heavy atom. The van der Waals surface area contributed by atoms with E-state index in [1.54, 1.807) is 0 Å². The normalized spacial score (nSPS) is 34.2. The monoisotopic (exact) mass is 327 g/mol. The molecule has 16 heavy (non-hydrogen) atoms. The minimum atomic E-state index is 0.862. The summed E-state index contributed by atoms with van der Waals surface area (Å²) >= 11 is 2.67. The summed E-state index contributed by atoms with van der Waals surface area (Å²) in [5.41, 5.74) is 1.47. The van der Waals surface area contributed by atoms with Gasteiger partial charge in [0.2, 0.25) is 0 Å². The largest absolute Gasteiger partial charge is 0.295 e. The molecule has 0 radical (unpaired) electrons. The highest BCUT2D eigenvalue weighted by molar-refractivity contribution is 14.1. The molecule has 0 N–H and O–H groups in total. The molecular weight excluding hydrogens is 309 g/mol. The molecule has 0 aromatic heterocycles. The Labute approximate surface area is 111 Å². The van der Waals surface area contributed by atoms with Gasteiger partial charge in [0.1, 0.15) is 0 Å². The van der Waals surface area contributed by atoms with Gasteiger partial charge in [-0.2, -0.15) is 0 Å². The van der Waals surface area contributed by atoms with E-state index in [9.17, 15) is 0 Å². The van der Waals surface area contributed by atoms with Crippen LogP contribution in [0.15, 0.2) is 30.3 Å². The Morgan fingerprint density at radius 1 is 1.12 bits per heavy atom. The summed E-state index contributed by atoms with van der Waals surface area (Å²) in [5, 5.41) is 0. The van der Waals surface area contributed by atoms with E-state index < -0.39 is 0 Å². The molecule has 0 amide bonds. The van der Waals surface area contributed by atoms with E-state index >= 15 is 0 Å². The molecular formula is C14H18IN. The highest BCUT2D eigenvalue weighted by Gasteiger charge is 2.42. The Balaban J connectivity index is 1.72. The SMILES string of the molecule is IC1CCC2CCN(Cc3ccccc3)C12. The third kappa shape index (κ3) is 2.02. The molecule has 1 heterocycles. The van der Waals surface area contributed by atoms with Crippen LogP contribution >= 0.6 is 22.6 Å².